The lowest BCUT2D eigenvalue weighted by atomic mass is 9.82. The number of benzene rings is 1. The van der Waals surface area contributed by atoms with Crippen LogP contribution in [0.25, 0.3) is 0 Å². The Kier molecular flexibility index (Phi) is 5.60. The maximum Gasteiger partial charge on any atom is 0.314 e. The van der Waals surface area contributed by atoms with Crippen LogP contribution in [0.15, 0.2) is 41.0 Å². The fourth-order valence-electron chi connectivity index (χ4n) is 3.28. The Labute approximate surface area is 147 Å². The van der Waals surface area contributed by atoms with E-state index in [9.17, 15) is 9.90 Å². The Hall–Kier alpha value is -2.47. The predicted octanol–water partition coefficient (Wildman–Crippen LogP) is 2.74. The second-order valence-electron chi connectivity index (χ2n) is 6.28. The van der Waals surface area contributed by atoms with Gasteiger partial charge in [-0.2, -0.15) is 0 Å². The van der Waals surface area contributed by atoms with Gasteiger partial charge in [-0.25, -0.2) is 4.79 Å². The van der Waals surface area contributed by atoms with Crippen molar-refractivity contribution in [3.63, 3.8) is 0 Å². The van der Waals surface area contributed by atoms with Crippen LogP contribution in [0.3, 0.4) is 0 Å². The summed E-state index contributed by atoms with van der Waals surface area (Å²) in [7, 11) is 1.67. The van der Waals surface area contributed by atoms with Crippen LogP contribution < -0.4 is 15.4 Å². The van der Waals surface area contributed by atoms with E-state index in [2.05, 4.69) is 22.8 Å². The van der Waals surface area contributed by atoms with Crippen molar-refractivity contribution in [3.8, 4) is 5.75 Å². The quantitative estimate of drug-likeness (QED) is 0.752. The number of nitrogens with one attached hydrogen (secondary N) is 2. The highest BCUT2D eigenvalue weighted by Gasteiger charge is 2.21. The lowest BCUT2D eigenvalue weighted by Crippen LogP contribution is -2.40. The van der Waals surface area contributed by atoms with Gasteiger partial charge in [-0.3, -0.25) is 0 Å². The van der Waals surface area contributed by atoms with Crippen LogP contribution in [0.4, 0.5) is 4.79 Å². The number of urea groups is 1. The Morgan fingerprint density at radius 2 is 2.28 bits per heavy atom. The molecule has 0 saturated carbocycles. The average molecular weight is 344 g/mol. The van der Waals surface area contributed by atoms with Gasteiger partial charge in [0.25, 0.3) is 0 Å². The molecule has 3 rings (SSSR count). The molecule has 134 valence electrons. The molecule has 1 aliphatic carbocycles. The predicted molar refractivity (Wildman–Crippen MR) is 93.7 cm³/mol. The van der Waals surface area contributed by atoms with E-state index in [-0.39, 0.29) is 12.6 Å². The molecule has 6 heteroatoms. The number of rotatable bonds is 6. The van der Waals surface area contributed by atoms with Gasteiger partial charge in [0.05, 0.1) is 19.9 Å². The summed E-state index contributed by atoms with van der Waals surface area (Å²) in [4.78, 5) is 12.0. The lowest BCUT2D eigenvalue weighted by Gasteiger charge is -2.26. The van der Waals surface area contributed by atoms with Crippen LogP contribution in [0.5, 0.6) is 5.75 Å². The number of aliphatic hydroxyl groups is 1. The summed E-state index contributed by atoms with van der Waals surface area (Å²) in [6.07, 6.45) is 3.85. The first-order valence-electron chi connectivity index (χ1n) is 8.57. The fraction of sp³-hybridized carbons (Fsp3) is 0.421. The third-order valence-corrected chi connectivity index (χ3v) is 4.63. The number of aliphatic hydroxyl groups excluding tert-OH is 1. The van der Waals surface area contributed by atoms with Gasteiger partial charge in [-0.15, -0.1) is 0 Å². The minimum atomic E-state index is -0.844. The molecule has 1 heterocycles. The highest BCUT2D eigenvalue weighted by Crippen LogP contribution is 2.33. The molecule has 0 unspecified atom stereocenters. The number of fused-ring (bicyclic) bond motifs is 1. The largest absolute Gasteiger partial charge is 0.497 e. The maximum atomic E-state index is 12.0. The second-order valence-corrected chi connectivity index (χ2v) is 6.28. The third-order valence-electron chi connectivity index (χ3n) is 4.63. The zero-order valence-electron chi connectivity index (χ0n) is 14.3. The molecule has 2 amide bonds. The molecule has 3 N–H and O–H groups in total. The first kappa shape index (κ1) is 17.4. The van der Waals surface area contributed by atoms with Gasteiger partial charge < -0.3 is 24.9 Å². The van der Waals surface area contributed by atoms with Gasteiger partial charge in [-0.05, 0) is 54.7 Å². The molecule has 0 aliphatic heterocycles. The number of methoxy groups -OCH3 is 1. The van der Waals surface area contributed by atoms with Crippen molar-refractivity contribution in [2.75, 3.05) is 20.2 Å². The summed E-state index contributed by atoms with van der Waals surface area (Å²) < 4.78 is 10.4. The van der Waals surface area contributed by atoms with Crippen molar-refractivity contribution >= 4 is 6.03 Å². The summed E-state index contributed by atoms with van der Waals surface area (Å²) in [6, 6.07) is 9.24. The van der Waals surface area contributed by atoms with Crippen LogP contribution in [-0.2, 0) is 6.42 Å². The normalized spacial score (nSPS) is 17.4. The van der Waals surface area contributed by atoms with E-state index in [1.54, 1.807) is 19.2 Å². The lowest BCUT2D eigenvalue weighted by molar-refractivity contribution is 0.148. The molecule has 2 atom stereocenters. The van der Waals surface area contributed by atoms with Crippen molar-refractivity contribution in [1.82, 2.24) is 10.6 Å². The minimum Gasteiger partial charge on any atom is -0.497 e. The van der Waals surface area contributed by atoms with Gasteiger partial charge >= 0.3 is 6.03 Å². The highest BCUT2D eigenvalue weighted by molar-refractivity contribution is 5.73. The van der Waals surface area contributed by atoms with Crippen LogP contribution in [0.2, 0.25) is 0 Å². The number of carbonyl (C=O) groups excluding carboxylic acids is 1. The standard InChI is InChI=1S/C19H24N2O4/c1-24-15-7-8-16-13(10-15)4-2-5-14(16)11-20-19(23)21-12-17(22)18-6-3-9-25-18/h3,6-10,14,17,22H,2,4-5,11-12H2,1H3,(H2,20,21,23)/t14-,17-/m0/s1. The molecule has 0 spiro atoms. The monoisotopic (exact) mass is 344 g/mol. The topological polar surface area (TPSA) is 83.7 Å². The Bertz CT molecular complexity index is 699. The van der Waals surface area contributed by atoms with E-state index in [0.717, 1.165) is 25.0 Å². The molecular weight excluding hydrogens is 320 g/mol. The zero-order valence-corrected chi connectivity index (χ0v) is 14.3. The van der Waals surface area contributed by atoms with Crippen LogP contribution >= 0.6 is 0 Å². The number of furan rings is 1. The molecule has 1 aromatic heterocycles. The SMILES string of the molecule is COc1ccc2c(c1)CCC[C@H]2CNC(=O)NC[C@H](O)c1ccco1. The van der Waals surface area contributed by atoms with E-state index in [1.165, 1.54) is 17.4 Å². The van der Waals surface area contributed by atoms with Crippen molar-refractivity contribution in [3.05, 3.63) is 53.5 Å². The average Bonchev–Trinajstić information content (AvgIpc) is 3.18. The van der Waals surface area contributed by atoms with Crippen molar-refractivity contribution in [1.29, 1.82) is 0 Å². The van der Waals surface area contributed by atoms with Gasteiger partial charge in [0.2, 0.25) is 0 Å². The second kappa shape index (κ2) is 8.07. The molecule has 1 aliphatic rings. The Morgan fingerprint density at radius 3 is 3.04 bits per heavy atom. The number of hydrogen-bond donors (Lipinski definition) is 3. The number of ether oxygens (including phenoxy) is 1. The first-order chi connectivity index (χ1) is 12.2. The molecule has 0 saturated heterocycles. The molecule has 2 aromatic rings. The number of hydrogen-bond acceptors (Lipinski definition) is 4. The Balaban J connectivity index is 1.50. The molecule has 0 radical (unpaired) electrons. The van der Waals surface area contributed by atoms with Gasteiger partial charge in [0, 0.05) is 12.5 Å². The van der Waals surface area contributed by atoms with Gasteiger partial charge in [0.1, 0.15) is 17.6 Å². The summed E-state index contributed by atoms with van der Waals surface area (Å²) in [6.45, 7) is 0.680. The van der Waals surface area contributed by atoms with Crippen molar-refractivity contribution in [2.45, 2.75) is 31.3 Å². The van der Waals surface area contributed by atoms with E-state index >= 15 is 0 Å². The number of amides is 2. The summed E-state index contributed by atoms with van der Waals surface area (Å²) >= 11 is 0. The van der Waals surface area contributed by atoms with E-state index < -0.39 is 6.10 Å². The molecule has 6 nitrogen and oxygen atoms in total. The van der Waals surface area contributed by atoms with Crippen LogP contribution in [0.1, 0.15) is 41.8 Å². The molecule has 1 aromatic carbocycles. The molecule has 0 fully saturated rings. The van der Waals surface area contributed by atoms with E-state index in [0.29, 0.717) is 18.2 Å². The number of carbonyl (C=O) groups is 1. The van der Waals surface area contributed by atoms with E-state index in [4.69, 9.17) is 9.15 Å². The van der Waals surface area contributed by atoms with Crippen LogP contribution in [0, 0.1) is 0 Å². The summed E-state index contributed by atoms with van der Waals surface area (Å²) in [5.74, 6) is 1.61. The molecule has 25 heavy (non-hydrogen) atoms. The zero-order chi connectivity index (χ0) is 17.6. The number of aryl methyl sites for hydroxylation is 1. The maximum absolute atomic E-state index is 12.0. The van der Waals surface area contributed by atoms with Crippen molar-refractivity contribution in [2.24, 2.45) is 0 Å². The minimum absolute atomic E-state index is 0.109. The van der Waals surface area contributed by atoms with Crippen molar-refractivity contribution < 1.29 is 19.1 Å². The Morgan fingerprint density at radius 1 is 1.40 bits per heavy atom. The van der Waals surface area contributed by atoms with Gasteiger partial charge in [-0.1, -0.05) is 6.07 Å². The molecule has 0 bridgehead atoms. The fourth-order valence-corrected chi connectivity index (χ4v) is 3.28. The molecular formula is C19H24N2O4. The van der Waals surface area contributed by atoms with Crippen LogP contribution in [-0.4, -0.2) is 31.3 Å². The smallest absolute Gasteiger partial charge is 0.314 e. The summed E-state index contributed by atoms with van der Waals surface area (Å²) in [5.41, 5.74) is 2.58. The summed E-state index contributed by atoms with van der Waals surface area (Å²) in [5, 5.41) is 15.5. The highest BCUT2D eigenvalue weighted by atomic mass is 16.5. The third kappa shape index (κ3) is 4.33. The van der Waals surface area contributed by atoms with Gasteiger partial charge in [0.15, 0.2) is 0 Å². The van der Waals surface area contributed by atoms with E-state index in [1.807, 2.05) is 6.07 Å². The first-order valence-corrected chi connectivity index (χ1v) is 8.57.